The molecule has 20 heavy (non-hydrogen) atoms. The van der Waals surface area contributed by atoms with Gasteiger partial charge in [-0.3, -0.25) is 9.78 Å². The van der Waals surface area contributed by atoms with Gasteiger partial charge in [0.15, 0.2) is 11.2 Å². The van der Waals surface area contributed by atoms with Crippen molar-refractivity contribution in [1.29, 1.82) is 0 Å². The minimum atomic E-state index is -4.91. The summed E-state index contributed by atoms with van der Waals surface area (Å²) in [5.74, 6) is -0.00812. The lowest BCUT2D eigenvalue weighted by atomic mass is 10.3. The Morgan fingerprint density at radius 1 is 1.45 bits per heavy atom. The van der Waals surface area contributed by atoms with Gasteiger partial charge in [-0.1, -0.05) is 0 Å². The van der Waals surface area contributed by atoms with Crippen molar-refractivity contribution in [2.24, 2.45) is 0 Å². The molecule has 0 aliphatic rings. The number of nitrogens with two attached hydrogens (primary N) is 1. The van der Waals surface area contributed by atoms with E-state index in [-0.39, 0.29) is 18.1 Å². The maximum atomic E-state index is 11.5. The first kappa shape index (κ1) is 14.7. The average molecular weight is 301 g/mol. The maximum Gasteiger partial charge on any atom is 0.280 e. The average Bonchev–Trinajstić information content (AvgIpc) is 2.70. The van der Waals surface area contributed by atoms with E-state index < -0.39 is 13.4 Å². The highest BCUT2D eigenvalue weighted by Crippen LogP contribution is 2.24. The molecule has 0 aromatic carbocycles. The van der Waals surface area contributed by atoms with Crippen molar-refractivity contribution in [2.75, 3.05) is 12.3 Å². The zero-order valence-corrected chi connectivity index (χ0v) is 11.2. The predicted octanol–water partition coefficient (Wildman–Crippen LogP) is -1.67. The summed E-state index contributed by atoms with van der Waals surface area (Å²) in [5.41, 5.74) is 5.56. The van der Waals surface area contributed by atoms with Crippen molar-refractivity contribution in [3.8, 4) is 0 Å². The van der Waals surface area contributed by atoms with E-state index in [0.29, 0.717) is 25.0 Å². The molecule has 11 heteroatoms. The predicted molar refractivity (Wildman–Crippen MR) is 65.4 cm³/mol. The Hall–Kier alpha value is -1.74. The van der Waals surface area contributed by atoms with Gasteiger partial charge in [-0.05, 0) is 12.8 Å². The summed E-state index contributed by atoms with van der Waals surface area (Å²) >= 11 is 0. The van der Waals surface area contributed by atoms with Crippen LogP contribution < -0.4 is 21.1 Å². The number of nitrogen functional groups attached to an aromatic ring is 1. The van der Waals surface area contributed by atoms with Crippen molar-refractivity contribution in [3.05, 3.63) is 16.7 Å². The first-order valence-corrected chi connectivity index (χ1v) is 7.20. The summed E-state index contributed by atoms with van der Waals surface area (Å²) in [7, 11) is -4.91. The second-order valence-corrected chi connectivity index (χ2v) is 5.20. The molecule has 0 bridgehead atoms. The molecule has 0 atom stereocenters. The fourth-order valence-electron chi connectivity index (χ4n) is 1.69. The Labute approximate surface area is 112 Å². The van der Waals surface area contributed by atoms with E-state index in [0.717, 1.165) is 0 Å². The lowest BCUT2D eigenvalue weighted by Crippen LogP contribution is -2.17. The molecule has 0 saturated carbocycles. The van der Waals surface area contributed by atoms with Crippen LogP contribution in [0, 0.1) is 0 Å². The fraction of sp³-hybridized carbons (Fsp3) is 0.444. The number of nitrogens with zero attached hydrogens (tertiary/aromatic N) is 3. The van der Waals surface area contributed by atoms with Gasteiger partial charge < -0.3 is 29.2 Å². The van der Waals surface area contributed by atoms with Crippen molar-refractivity contribution >= 4 is 24.9 Å². The fourth-order valence-corrected chi connectivity index (χ4v) is 2.05. The minimum absolute atomic E-state index is 0.00812. The highest BCUT2D eigenvalue weighted by atomic mass is 31.2. The standard InChI is InChI=1S/C9H14N5O5P/c10-9-12-7-6(8(15)13-9)11-5-14(7)3-1-2-4-19-20(16,17)18/h5H,1-4H2,(H2,16,17,18)(H3,10,12,13,15)/p-2. The topological polar surface area (TPSA) is 162 Å². The monoisotopic (exact) mass is 301 g/mol. The van der Waals surface area contributed by atoms with Crippen LogP contribution in [0.5, 0.6) is 0 Å². The Kier molecular flexibility index (Phi) is 4.19. The number of hydrogen-bond donors (Lipinski definition) is 2. The SMILES string of the molecule is Nc1nc2c(ncn2CCCCOP(=O)([O-])[O-])c(=O)[nH]1. The lowest BCUT2D eigenvalue weighted by molar-refractivity contribution is -0.341. The first-order chi connectivity index (χ1) is 9.37. The number of aromatic nitrogens is 4. The van der Waals surface area contributed by atoms with Crippen LogP contribution >= 0.6 is 7.82 Å². The Bertz CT molecular complexity index is 704. The number of fused-ring (bicyclic) bond motifs is 1. The number of hydrogen-bond acceptors (Lipinski definition) is 8. The number of nitrogens with one attached hydrogen (secondary N) is 1. The molecule has 10 nitrogen and oxygen atoms in total. The van der Waals surface area contributed by atoms with Gasteiger partial charge >= 0.3 is 0 Å². The molecule has 0 fully saturated rings. The quantitative estimate of drug-likeness (QED) is 0.472. The molecular weight excluding hydrogens is 289 g/mol. The lowest BCUT2D eigenvalue weighted by Gasteiger charge is -2.28. The molecule has 0 amide bonds. The number of unbranched alkanes of at least 4 members (excludes halogenated alkanes) is 1. The number of H-pyrrole nitrogens is 1. The summed E-state index contributed by atoms with van der Waals surface area (Å²) in [4.78, 5) is 42.3. The zero-order valence-electron chi connectivity index (χ0n) is 10.3. The molecule has 0 aliphatic carbocycles. The van der Waals surface area contributed by atoms with Crippen LogP contribution in [0.3, 0.4) is 0 Å². The van der Waals surface area contributed by atoms with Gasteiger partial charge in [0, 0.05) is 6.54 Å². The normalized spacial score (nSPS) is 12.1. The smallest absolute Gasteiger partial charge is 0.280 e. The van der Waals surface area contributed by atoms with Gasteiger partial charge in [0.1, 0.15) is 0 Å². The Balaban J connectivity index is 1.97. The number of aromatic amines is 1. The summed E-state index contributed by atoms with van der Waals surface area (Å²) in [5, 5.41) is 0. The zero-order chi connectivity index (χ0) is 14.8. The summed E-state index contributed by atoms with van der Waals surface area (Å²) < 4.78 is 16.0. The number of phosphoric acid groups is 1. The molecule has 3 N–H and O–H groups in total. The van der Waals surface area contributed by atoms with Gasteiger partial charge in [0.05, 0.1) is 20.8 Å². The first-order valence-electron chi connectivity index (χ1n) is 5.74. The molecule has 2 aromatic heterocycles. The van der Waals surface area contributed by atoms with E-state index in [9.17, 15) is 19.1 Å². The van der Waals surface area contributed by atoms with Crippen LogP contribution in [0.2, 0.25) is 0 Å². The molecule has 110 valence electrons. The molecule has 2 rings (SSSR count). The van der Waals surface area contributed by atoms with Gasteiger partial charge in [0.25, 0.3) is 5.56 Å². The molecule has 0 radical (unpaired) electrons. The van der Waals surface area contributed by atoms with Crippen LogP contribution in [-0.2, 0) is 15.6 Å². The van der Waals surface area contributed by atoms with Crippen LogP contribution in [0.15, 0.2) is 11.1 Å². The van der Waals surface area contributed by atoms with Crippen molar-refractivity contribution < 1.29 is 18.9 Å². The Morgan fingerprint density at radius 2 is 2.20 bits per heavy atom. The largest absolute Gasteiger partial charge is 0.790 e. The molecule has 0 saturated heterocycles. The van der Waals surface area contributed by atoms with E-state index >= 15 is 0 Å². The van der Waals surface area contributed by atoms with Gasteiger partial charge in [-0.15, -0.1) is 0 Å². The van der Waals surface area contributed by atoms with E-state index in [1.807, 2.05) is 0 Å². The number of imidazole rings is 1. The molecule has 0 spiro atoms. The number of rotatable bonds is 6. The van der Waals surface area contributed by atoms with Gasteiger partial charge in [0.2, 0.25) is 5.95 Å². The highest BCUT2D eigenvalue weighted by Gasteiger charge is 2.08. The molecule has 0 aliphatic heterocycles. The van der Waals surface area contributed by atoms with Crippen molar-refractivity contribution in [3.63, 3.8) is 0 Å². The van der Waals surface area contributed by atoms with Crippen molar-refractivity contribution in [1.82, 2.24) is 19.5 Å². The second-order valence-electron chi connectivity index (χ2n) is 4.05. The summed E-state index contributed by atoms with van der Waals surface area (Å²) in [6.45, 7) is 0.269. The molecule has 2 heterocycles. The van der Waals surface area contributed by atoms with E-state index in [1.54, 1.807) is 4.57 Å². The third kappa shape index (κ3) is 3.64. The molecular formula is C9H12N5O5P-2. The molecule has 2 aromatic rings. The summed E-state index contributed by atoms with van der Waals surface area (Å²) in [6.07, 6.45) is 2.34. The Morgan fingerprint density at radius 3 is 2.90 bits per heavy atom. The summed E-state index contributed by atoms with van der Waals surface area (Å²) in [6, 6.07) is 0. The highest BCUT2D eigenvalue weighted by molar-refractivity contribution is 7.43. The minimum Gasteiger partial charge on any atom is -0.790 e. The third-order valence-corrected chi connectivity index (χ3v) is 3.03. The van der Waals surface area contributed by atoms with E-state index in [2.05, 4.69) is 19.5 Å². The van der Waals surface area contributed by atoms with Gasteiger partial charge in [-0.2, -0.15) is 4.98 Å². The van der Waals surface area contributed by atoms with Crippen LogP contribution in [-0.4, -0.2) is 26.1 Å². The number of phosphoric ester groups is 1. The van der Waals surface area contributed by atoms with Crippen LogP contribution in [0.1, 0.15) is 12.8 Å². The molecule has 0 unspecified atom stereocenters. The second kappa shape index (κ2) is 5.71. The van der Waals surface area contributed by atoms with Crippen molar-refractivity contribution in [2.45, 2.75) is 19.4 Å². The van der Waals surface area contributed by atoms with E-state index in [1.165, 1.54) is 6.33 Å². The maximum absolute atomic E-state index is 11.5. The number of anilines is 1. The third-order valence-electron chi connectivity index (χ3n) is 2.54. The van der Waals surface area contributed by atoms with Gasteiger partial charge in [-0.25, -0.2) is 4.98 Å². The van der Waals surface area contributed by atoms with Crippen LogP contribution in [0.25, 0.3) is 11.2 Å². The van der Waals surface area contributed by atoms with Crippen LogP contribution in [0.4, 0.5) is 5.95 Å². The van der Waals surface area contributed by atoms with E-state index in [4.69, 9.17) is 5.73 Å². The number of aryl methyl sites for hydroxylation is 1.